The van der Waals surface area contributed by atoms with E-state index in [1.165, 1.54) is 44.9 Å². The minimum atomic E-state index is 0.0633. The summed E-state index contributed by atoms with van der Waals surface area (Å²) in [6, 6.07) is 0.763. The van der Waals surface area contributed by atoms with Gasteiger partial charge in [-0.05, 0) is 56.3 Å². The zero-order valence-corrected chi connectivity index (χ0v) is 13.1. The van der Waals surface area contributed by atoms with Crippen molar-refractivity contribution in [3.05, 3.63) is 0 Å². The van der Waals surface area contributed by atoms with Gasteiger partial charge in [0.25, 0.3) is 0 Å². The predicted octanol–water partition coefficient (Wildman–Crippen LogP) is 3.83. The van der Waals surface area contributed by atoms with Crippen molar-refractivity contribution in [1.29, 1.82) is 0 Å². The summed E-state index contributed by atoms with van der Waals surface area (Å²) >= 11 is 0. The number of fused-ring (bicyclic) bond motifs is 2. The van der Waals surface area contributed by atoms with Crippen LogP contribution in [0.5, 0.6) is 0 Å². The highest BCUT2D eigenvalue weighted by molar-refractivity contribution is 5.74. The SMILES string of the molecule is CC(NC(=O)NC1CCCCC1)C1(C)CC2CCC1C2. The molecule has 114 valence electrons. The first-order valence-corrected chi connectivity index (χ1v) is 8.65. The van der Waals surface area contributed by atoms with Gasteiger partial charge >= 0.3 is 6.03 Å². The van der Waals surface area contributed by atoms with Gasteiger partial charge in [-0.3, -0.25) is 0 Å². The molecule has 3 rings (SSSR count). The molecular weight excluding hydrogens is 248 g/mol. The summed E-state index contributed by atoms with van der Waals surface area (Å²) in [4.78, 5) is 12.2. The number of rotatable bonds is 3. The second kappa shape index (κ2) is 5.57. The van der Waals surface area contributed by atoms with Crippen LogP contribution in [0.3, 0.4) is 0 Å². The molecule has 0 radical (unpaired) electrons. The van der Waals surface area contributed by atoms with Crippen LogP contribution < -0.4 is 10.6 Å². The number of nitrogens with one attached hydrogen (secondary N) is 2. The summed E-state index contributed by atoms with van der Waals surface area (Å²) in [5.74, 6) is 1.76. The van der Waals surface area contributed by atoms with Crippen molar-refractivity contribution >= 4 is 6.03 Å². The second-order valence-electron chi connectivity index (χ2n) is 7.76. The Morgan fingerprint density at radius 1 is 1.15 bits per heavy atom. The fourth-order valence-electron chi connectivity index (χ4n) is 5.01. The lowest BCUT2D eigenvalue weighted by molar-refractivity contribution is 0.133. The van der Waals surface area contributed by atoms with Crippen molar-refractivity contribution in [3.8, 4) is 0 Å². The molecule has 3 nitrogen and oxygen atoms in total. The monoisotopic (exact) mass is 278 g/mol. The van der Waals surface area contributed by atoms with Crippen LogP contribution in [0, 0.1) is 17.3 Å². The molecular formula is C17H30N2O. The second-order valence-corrected chi connectivity index (χ2v) is 7.76. The van der Waals surface area contributed by atoms with E-state index in [-0.39, 0.29) is 6.03 Å². The molecule has 3 heteroatoms. The summed E-state index contributed by atoms with van der Waals surface area (Å²) in [5, 5.41) is 6.43. The molecule has 3 aliphatic carbocycles. The third-order valence-electron chi connectivity index (χ3n) is 6.48. The van der Waals surface area contributed by atoms with Crippen LogP contribution in [-0.2, 0) is 0 Å². The van der Waals surface area contributed by atoms with E-state index in [1.54, 1.807) is 0 Å². The maximum absolute atomic E-state index is 12.2. The van der Waals surface area contributed by atoms with E-state index >= 15 is 0 Å². The molecule has 0 saturated heterocycles. The number of hydrogen-bond acceptors (Lipinski definition) is 1. The third kappa shape index (κ3) is 2.68. The van der Waals surface area contributed by atoms with Crippen molar-refractivity contribution in [2.24, 2.45) is 17.3 Å². The Hall–Kier alpha value is -0.730. The Labute approximate surface area is 123 Å². The Balaban J connectivity index is 1.50. The largest absolute Gasteiger partial charge is 0.335 e. The Kier molecular flexibility index (Phi) is 3.96. The van der Waals surface area contributed by atoms with Gasteiger partial charge in [0.2, 0.25) is 0 Å². The van der Waals surface area contributed by atoms with E-state index in [0.29, 0.717) is 17.5 Å². The molecule has 3 fully saturated rings. The summed E-state index contributed by atoms with van der Waals surface area (Å²) in [5.41, 5.74) is 0.326. The number of urea groups is 1. The van der Waals surface area contributed by atoms with Gasteiger partial charge in [-0.1, -0.05) is 32.6 Å². The van der Waals surface area contributed by atoms with Crippen molar-refractivity contribution in [3.63, 3.8) is 0 Å². The first-order valence-electron chi connectivity index (χ1n) is 8.65. The number of carbonyl (C=O) groups is 1. The summed E-state index contributed by atoms with van der Waals surface area (Å²) in [7, 11) is 0. The Bertz CT molecular complexity index is 364. The fourth-order valence-corrected chi connectivity index (χ4v) is 5.01. The van der Waals surface area contributed by atoms with Crippen LogP contribution in [0.4, 0.5) is 4.79 Å². The van der Waals surface area contributed by atoms with Crippen molar-refractivity contribution < 1.29 is 4.79 Å². The molecule has 0 aromatic heterocycles. The zero-order chi connectivity index (χ0) is 14.2. The average molecular weight is 278 g/mol. The molecule has 4 atom stereocenters. The normalized spacial score (nSPS) is 38.7. The highest BCUT2D eigenvalue weighted by atomic mass is 16.2. The van der Waals surface area contributed by atoms with Crippen LogP contribution in [0.2, 0.25) is 0 Å². The summed E-state index contributed by atoms with van der Waals surface area (Å²) in [6.45, 7) is 4.60. The Morgan fingerprint density at radius 3 is 2.50 bits per heavy atom. The minimum absolute atomic E-state index is 0.0633. The van der Waals surface area contributed by atoms with Gasteiger partial charge in [-0.15, -0.1) is 0 Å². The van der Waals surface area contributed by atoms with Crippen molar-refractivity contribution in [2.75, 3.05) is 0 Å². The van der Waals surface area contributed by atoms with Gasteiger partial charge in [-0.2, -0.15) is 0 Å². The van der Waals surface area contributed by atoms with Gasteiger partial charge in [0.1, 0.15) is 0 Å². The fraction of sp³-hybridized carbons (Fsp3) is 0.941. The smallest absolute Gasteiger partial charge is 0.315 e. The van der Waals surface area contributed by atoms with Gasteiger partial charge < -0.3 is 10.6 Å². The van der Waals surface area contributed by atoms with E-state index < -0.39 is 0 Å². The molecule has 3 saturated carbocycles. The average Bonchev–Trinajstić information content (AvgIpc) is 3.00. The highest BCUT2D eigenvalue weighted by Gasteiger charge is 2.50. The predicted molar refractivity (Wildman–Crippen MR) is 81.6 cm³/mol. The lowest BCUT2D eigenvalue weighted by Crippen LogP contribution is -2.52. The summed E-state index contributed by atoms with van der Waals surface area (Å²) in [6.07, 6.45) is 11.7. The molecule has 3 aliphatic rings. The van der Waals surface area contributed by atoms with Crippen molar-refractivity contribution in [1.82, 2.24) is 10.6 Å². The zero-order valence-electron chi connectivity index (χ0n) is 13.1. The maximum Gasteiger partial charge on any atom is 0.315 e. The van der Waals surface area contributed by atoms with Crippen LogP contribution in [0.1, 0.15) is 71.6 Å². The maximum atomic E-state index is 12.2. The lowest BCUT2D eigenvalue weighted by Gasteiger charge is -2.40. The topological polar surface area (TPSA) is 41.1 Å². The van der Waals surface area contributed by atoms with E-state index in [9.17, 15) is 4.79 Å². The molecule has 2 N–H and O–H groups in total. The van der Waals surface area contributed by atoms with E-state index in [4.69, 9.17) is 0 Å². The highest BCUT2D eigenvalue weighted by Crippen LogP contribution is 2.57. The first kappa shape index (κ1) is 14.2. The van der Waals surface area contributed by atoms with Crippen LogP contribution in [0.25, 0.3) is 0 Å². The van der Waals surface area contributed by atoms with Gasteiger partial charge in [0, 0.05) is 12.1 Å². The van der Waals surface area contributed by atoms with Crippen LogP contribution in [-0.4, -0.2) is 18.1 Å². The molecule has 4 unspecified atom stereocenters. The molecule has 2 bridgehead atoms. The standard InChI is InChI=1S/C17H30N2O/c1-12(17(2)11-13-8-9-14(17)10-13)18-16(20)19-15-6-4-3-5-7-15/h12-15H,3-11H2,1-2H3,(H2,18,19,20). The van der Waals surface area contributed by atoms with Gasteiger partial charge in [0.05, 0.1) is 0 Å². The number of hydrogen-bond donors (Lipinski definition) is 2. The number of carbonyl (C=O) groups excluding carboxylic acids is 1. The molecule has 0 aliphatic heterocycles. The van der Waals surface area contributed by atoms with E-state index in [2.05, 4.69) is 24.5 Å². The van der Waals surface area contributed by atoms with Crippen molar-refractivity contribution in [2.45, 2.75) is 83.7 Å². The lowest BCUT2D eigenvalue weighted by atomic mass is 9.70. The molecule has 0 aromatic carbocycles. The van der Waals surface area contributed by atoms with Crippen LogP contribution in [0.15, 0.2) is 0 Å². The quantitative estimate of drug-likeness (QED) is 0.809. The molecule has 20 heavy (non-hydrogen) atoms. The molecule has 0 heterocycles. The third-order valence-corrected chi connectivity index (χ3v) is 6.48. The first-order chi connectivity index (χ1) is 9.58. The van der Waals surface area contributed by atoms with Gasteiger partial charge in [-0.25, -0.2) is 4.79 Å². The minimum Gasteiger partial charge on any atom is -0.335 e. The van der Waals surface area contributed by atoms with Crippen LogP contribution >= 0.6 is 0 Å². The van der Waals surface area contributed by atoms with Gasteiger partial charge in [0.15, 0.2) is 0 Å². The molecule has 0 spiro atoms. The Morgan fingerprint density at radius 2 is 1.90 bits per heavy atom. The summed E-state index contributed by atoms with van der Waals surface area (Å²) < 4.78 is 0. The molecule has 2 amide bonds. The van der Waals surface area contributed by atoms with E-state index in [1.807, 2.05) is 0 Å². The molecule has 0 aromatic rings. The van der Waals surface area contributed by atoms with E-state index in [0.717, 1.165) is 24.7 Å². The number of amides is 2.